The summed E-state index contributed by atoms with van der Waals surface area (Å²) in [6, 6.07) is 9.65. The van der Waals surface area contributed by atoms with E-state index >= 15 is 0 Å². The topological polar surface area (TPSA) is 17.0 Å². The Hall–Kier alpha value is -1.28. The number of para-hydroxylation sites is 1. The molecular formula is C18H26N2. The Morgan fingerprint density at radius 2 is 2.05 bits per heavy atom. The zero-order chi connectivity index (χ0) is 13.9. The molecule has 0 saturated heterocycles. The summed E-state index contributed by atoms with van der Waals surface area (Å²) in [4.78, 5) is 0. The van der Waals surface area contributed by atoms with E-state index in [1.165, 1.54) is 35.7 Å². The molecule has 3 rings (SSSR count). The van der Waals surface area contributed by atoms with Gasteiger partial charge in [-0.3, -0.25) is 0 Å². The number of fused-ring (bicyclic) bond motifs is 1. The fourth-order valence-corrected chi connectivity index (χ4v) is 2.80. The van der Waals surface area contributed by atoms with Gasteiger partial charge in [-0.05, 0) is 49.8 Å². The highest BCUT2D eigenvalue weighted by Gasteiger charge is 2.20. The molecule has 0 spiro atoms. The van der Waals surface area contributed by atoms with E-state index in [1.54, 1.807) is 0 Å². The van der Waals surface area contributed by atoms with Gasteiger partial charge < -0.3 is 9.88 Å². The Labute approximate surface area is 122 Å². The monoisotopic (exact) mass is 270 g/mol. The number of nitrogens with one attached hydrogen (secondary N) is 1. The Bertz CT molecular complexity index is 564. The lowest BCUT2D eigenvalue weighted by atomic mass is 10.1. The Balaban J connectivity index is 1.75. The standard InChI is InChI=1S/C18H26N2/c1-14(2)10-12-20-13-15(9-11-19-16-7-8-16)17-5-3-4-6-18(17)20/h3-6,13-14,16,19H,7-12H2,1-2H3. The molecule has 1 aliphatic rings. The molecule has 1 fully saturated rings. The number of hydrogen-bond acceptors (Lipinski definition) is 1. The van der Waals surface area contributed by atoms with Gasteiger partial charge in [-0.2, -0.15) is 0 Å². The van der Waals surface area contributed by atoms with Gasteiger partial charge in [0.15, 0.2) is 0 Å². The number of aryl methyl sites for hydroxylation is 1. The fraction of sp³-hybridized carbons (Fsp3) is 0.556. The Morgan fingerprint density at radius 3 is 2.80 bits per heavy atom. The smallest absolute Gasteiger partial charge is 0.0483 e. The highest BCUT2D eigenvalue weighted by molar-refractivity contribution is 5.84. The average Bonchev–Trinajstić information content (AvgIpc) is 3.19. The molecule has 0 radical (unpaired) electrons. The molecule has 1 aliphatic carbocycles. The molecule has 2 aromatic rings. The van der Waals surface area contributed by atoms with Gasteiger partial charge in [0.2, 0.25) is 0 Å². The van der Waals surface area contributed by atoms with Crippen LogP contribution in [-0.4, -0.2) is 17.2 Å². The molecule has 1 heterocycles. The van der Waals surface area contributed by atoms with Crippen molar-refractivity contribution in [3.8, 4) is 0 Å². The van der Waals surface area contributed by atoms with Gasteiger partial charge >= 0.3 is 0 Å². The van der Waals surface area contributed by atoms with Crippen molar-refractivity contribution in [1.29, 1.82) is 0 Å². The van der Waals surface area contributed by atoms with Crippen LogP contribution in [0.4, 0.5) is 0 Å². The van der Waals surface area contributed by atoms with Crippen molar-refractivity contribution >= 4 is 10.9 Å². The lowest BCUT2D eigenvalue weighted by molar-refractivity contribution is 0.524. The summed E-state index contributed by atoms with van der Waals surface area (Å²) in [5, 5.41) is 5.06. The normalized spacial score (nSPS) is 15.3. The van der Waals surface area contributed by atoms with E-state index < -0.39 is 0 Å². The van der Waals surface area contributed by atoms with Crippen LogP contribution in [0.15, 0.2) is 30.5 Å². The van der Waals surface area contributed by atoms with E-state index in [0.717, 1.165) is 31.5 Å². The Kier molecular flexibility index (Phi) is 4.11. The van der Waals surface area contributed by atoms with Gasteiger partial charge in [0, 0.05) is 29.7 Å². The van der Waals surface area contributed by atoms with Crippen molar-refractivity contribution in [2.24, 2.45) is 5.92 Å². The zero-order valence-corrected chi connectivity index (χ0v) is 12.7. The van der Waals surface area contributed by atoms with Gasteiger partial charge in [0.05, 0.1) is 0 Å². The highest BCUT2D eigenvalue weighted by Crippen LogP contribution is 2.23. The third-order valence-electron chi connectivity index (χ3n) is 4.22. The zero-order valence-electron chi connectivity index (χ0n) is 12.7. The van der Waals surface area contributed by atoms with E-state index in [9.17, 15) is 0 Å². The van der Waals surface area contributed by atoms with Crippen molar-refractivity contribution in [2.45, 2.75) is 52.1 Å². The molecule has 0 unspecified atom stereocenters. The van der Waals surface area contributed by atoms with Crippen LogP contribution in [-0.2, 0) is 13.0 Å². The first kappa shape index (κ1) is 13.7. The first-order valence-corrected chi connectivity index (χ1v) is 8.04. The van der Waals surface area contributed by atoms with Crippen LogP contribution >= 0.6 is 0 Å². The van der Waals surface area contributed by atoms with Crippen LogP contribution in [0, 0.1) is 5.92 Å². The summed E-state index contributed by atoms with van der Waals surface area (Å²) in [6.07, 6.45) is 7.51. The van der Waals surface area contributed by atoms with E-state index in [4.69, 9.17) is 0 Å². The molecule has 0 atom stereocenters. The molecule has 0 bridgehead atoms. The second-order valence-corrected chi connectivity index (χ2v) is 6.53. The maximum Gasteiger partial charge on any atom is 0.0483 e. The lowest BCUT2D eigenvalue weighted by Crippen LogP contribution is -2.19. The van der Waals surface area contributed by atoms with Crippen molar-refractivity contribution in [2.75, 3.05) is 6.54 Å². The summed E-state index contributed by atoms with van der Waals surface area (Å²) < 4.78 is 2.45. The van der Waals surface area contributed by atoms with Crippen molar-refractivity contribution < 1.29 is 0 Å². The molecule has 2 heteroatoms. The van der Waals surface area contributed by atoms with E-state index in [2.05, 4.69) is 54.2 Å². The molecule has 20 heavy (non-hydrogen) atoms. The number of nitrogens with zero attached hydrogens (tertiary/aromatic N) is 1. The molecule has 1 saturated carbocycles. The summed E-state index contributed by atoms with van der Waals surface area (Å²) in [5.41, 5.74) is 2.90. The van der Waals surface area contributed by atoms with E-state index in [-0.39, 0.29) is 0 Å². The van der Waals surface area contributed by atoms with Gasteiger partial charge in [-0.15, -0.1) is 0 Å². The molecule has 0 aliphatic heterocycles. The summed E-state index contributed by atoms with van der Waals surface area (Å²) >= 11 is 0. The molecule has 1 aromatic carbocycles. The SMILES string of the molecule is CC(C)CCn1cc(CCNC2CC2)c2ccccc21. The minimum atomic E-state index is 0.760. The summed E-state index contributed by atoms with van der Waals surface area (Å²) in [6.45, 7) is 6.84. The lowest BCUT2D eigenvalue weighted by Gasteiger charge is -2.07. The van der Waals surface area contributed by atoms with E-state index in [0.29, 0.717) is 0 Å². The number of rotatable bonds is 7. The Morgan fingerprint density at radius 1 is 1.25 bits per heavy atom. The maximum atomic E-state index is 3.62. The van der Waals surface area contributed by atoms with Gasteiger partial charge in [0.25, 0.3) is 0 Å². The number of hydrogen-bond donors (Lipinski definition) is 1. The molecule has 0 amide bonds. The predicted octanol–water partition coefficient (Wildman–Crippen LogP) is 3.98. The molecular weight excluding hydrogens is 244 g/mol. The molecule has 108 valence electrons. The van der Waals surface area contributed by atoms with Crippen molar-refractivity contribution in [3.05, 3.63) is 36.0 Å². The number of aromatic nitrogens is 1. The molecule has 2 nitrogen and oxygen atoms in total. The van der Waals surface area contributed by atoms with Crippen LogP contribution in [0.2, 0.25) is 0 Å². The quantitative estimate of drug-likeness (QED) is 0.805. The van der Waals surface area contributed by atoms with E-state index in [1.807, 2.05) is 0 Å². The average molecular weight is 270 g/mol. The molecule has 1 aromatic heterocycles. The summed E-state index contributed by atoms with van der Waals surface area (Å²) in [7, 11) is 0. The summed E-state index contributed by atoms with van der Waals surface area (Å²) in [5.74, 6) is 0.760. The third-order valence-corrected chi connectivity index (χ3v) is 4.22. The predicted molar refractivity (Wildman–Crippen MR) is 86.1 cm³/mol. The molecule has 1 N–H and O–H groups in total. The minimum Gasteiger partial charge on any atom is -0.347 e. The van der Waals surface area contributed by atoms with Crippen LogP contribution in [0.3, 0.4) is 0 Å². The van der Waals surface area contributed by atoms with Gasteiger partial charge in [-0.25, -0.2) is 0 Å². The van der Waals surface area contributed by atoms with Crippen LogP contribution in [0.1, 0.15) is 38.7 Å². The second kappa shape index (κ2) is 6.01. The van der Waals surface area contributed by atoms with Crippen LogP contribution < -0.4 is 5.32 Å². The van der Waals surface area contributed by atoms with Crippen molar-refractivity contribution in [3.63, 3.8) is 0 Å². The minimum absolute atomic E-state index is 0.760. The highest BCUT2D eigenvalue weighted by atomic mass is 15.0. The van der Waals surface area contributed by atoms with Gasteiger partial charge in [-0.1, -0.05) is 32.0 Å². The fourth-order valence-electron chi connectivity index (χ4n) is 2.80. The largest absolute Gasteiger partial charge is 0.347 e. The van der Waals surface area contributed by atoms with Gasteiger partial charge in [0.1, 0.15) is 0 Å². The first-order chi connectivity index (χ1) is 9.74. The first-order valence-electron chi connectivity index (χ1n) is 8.04. The second-order valence-electron chi connectivity index (χ2n) is 6.53. The van der Waals surface area contributed by atoms with Crippen LogP contribution in [0.25, 0.3) is 10.9 Å². The van der Waals surface area contributed by atoms with Crippen molar-refractivity contribution in [1.82, 2.24) is 9.88 Å². The third kappa shape index (κ3) is 3.24. The number of benzene rings is 1. The maximum absolute atomic E-state index is 3.62. The van der Waals surface area contributed by atoms with Crippen LogP contribution in [0.5, 0.6) is 0 Å².